The first-order chi connectivity index (χ1) is 11.8. The first kappa shape index (κ1) is 20.6. The van der Waals surface area contributed by atoms with Gasteiger partial charge in [0.25, 0.3) is 0 Å². The van der Waals surface area contributed by atoms with Crippen molar-refractivity contribution in [2.45, 2.75) is 39.2 Å². The largest absolute Gasteiger partial charge is 0.494 e. The van der Waals surface area contributed by atoms with Crippen molar-refractivity contribution in [3.63, 3.8) is 0 Å². The van der Waals surface area contributed by atoms with E-state index in [1.807, 2.05) is 13.8 Å². The molecule has 1 aromatic carbocycles. The standard InChI is InChI=1S/C16H23N3O5S/c1-5-6-11(2)19(16(21)17-3)15(20)10-12-7-8-14(24-4)13(9-12)18-25(22)23/h7-9,11H,5-6,10H2,1-4H3,(H,17,21). The monoisotopic (exact) mass is 369 g/mol. The van der Waals surface area contributed by atoms with E-state index in [1.54, 1.807) is 6.07 Å². The Labute approximate surface area is 148 Å². The number of nitrogens with one attached hydrogen (secondary N) is 1. The van der Waals surface area contributed by atoms with Crippen LogP contribution >= 0.6 is 0 Å². The van der Waals surface area contributed by atoms with E-state index in [2.05, 4.69) is 9.68 Å². The van der Waals surface area contributed by atoms with Crippen molar-refractivity contribution < 1.29 is 22.7 Å². The molecule has 0 radical (unpaired) electrons. The number of hydrogen-bond acceptors (Lipinski definition) is 6. The minimum absolute atomic E-state index is 0.0561. The Morgan fingerprint density at radius 1 is 1.36 bits per heavy atom. The van der Waals surface area contributed by atoms with Crippen LogP contribution in [0.5, 0.6) is 5.75 Å². The Balaban J connectivity index is 3.11. The molecule has 1 aromatic rings. The maximum Gasteiger partial charge on any atom is 0.324 e. The molecule has 0 saturated heterocycles. The molecule has 8 nitrogen and oxygen atoms in total. The van der Waals surface area contributed by atoms with E-state index >= 15 is 0 Å². The third-order valence-electron chi connectivity index (χ3n) is 3.62. The van der Waals surface area contributed by atoms with E-state index in [1.165, 1.54) is 31.2 Å². The van der Waals surface area contributed by atoms with Gasteiger partial charge in [0.2, 0.25) is 5.91 Å². The Kier molecular flexibility index (Phi) is 8.06. The molecule has 1 rings (SSSR count). The predicted octanol–water partition coefficient (Wildman–Crippen LogP) is 2.29. The highest BCUT2D eigenvalue weighted by atomic mass is 32.2. The molecule has 0 aliphatic heterocycles. The van der Waals surface area contributed by atoms with Gasteiger partial charge in [0.15, 0.2) is 0 Å². The van der Waals surface area contributed by atoms with Gasteiger partial charge in [-0.2, -0.15) is 8.42 Å². The zero-order chi connectivity index (χ0) is 19.0. The van der Waals surface area contributed by atoms with Gasteiger partial charge in [-0.05, 0) is 31.0 Å². The summed E-state index contributed by atoms with van der Waals surface area (Å²) in [5.41, 5.74) is 0.641. The fraction of sp³-hybridized carbons (Fsp3) is 0.500. The number of urea groups is 1. The summed E-state index contributed by atoms with van der Waals surface area (Å²) in [5, 5.41) is 2.47. The summed E-state index contributed by atoms with van der Waals surface area (Å²) in [7, 11) is 0.222. The van der Waals surface area contributed by atoms with Crippen LogP contribution in [-0.2, 0) is 21.7 Å². The summed E-state index contributed by atoms with van der Waals surface area (Å²) in [6, 6.07) is 3.92. The second-order valence-electron chi connectivity index (χ2n) is 5.45. The fourth-order valence-electron chi connectivity index (χ4n) is 2.48. The number of imide groups is 1. The van der Waals surface area contributed by atoms with Crippen LogP contribution in [0.3, 0.4) is 0 Å². The van der Waals surface area contributed by atoms with Crippen LogP contribution in [0.15, 0.2) is 22.6 Å². The van der Waals surface area contributed by atoms with E-state index in [0.717, 1.165) is 6.42 Å². The molecule has 9 heteroatoms. The molecule has 0 aliphatic rings. The number of benzene rings is 1. The van der Waals surface area contributed by atoms with Crippen molar-refractivity contribution >= 4 is 28.1 Å². The third kappa shape index (κ3) is 5.86. The topological polar surface area (TPSA) is 105 Å². The summed E-state index contributed by atoms with van der Waals surface area (Å²) >= 11 is 0. The van der Waals surface area contributed by atoms with E-state index in [-0.39, 0.29) is 29.8 Å². The Hall–Kier alpha value is -2.42. The third-order valence-corrected chi connectivity index (χ3v) is 3.97. The average Bonchev–Trinajstić information content (AvgIpc) is 2.54. The number of rotatable bonds is 7. The molecular formula is C16H23N3O5S. The van der Waals surface area contributed by atoms with E-state index in [4.69, 9.17) is 4.74 Å². The van der Waals surface area contributed by atoms with Crippen molar-refractivity contribution in [2.24, 2.45) is 4.36 Å². The maximum absolute atomic E-state index is 12.6. The second kappa shape index (κ2) is 9.77. The Morgan fingerprint density at radius 2 is 2.04 bits per heavy atom. The molecule has 0 heterocycles. The number of carbonyl (C=O) groups is 2. The quantitative estimate of drug-likeness (QED) is 0.794. The van der Waals surface area contributed by atoms with Gasteiger partial charge in [-0.15, -0.1) is 4.36 Å². The van der Waals surface area contributed by atoms with E-state index < -0.39 is 16.5 Å². The smallest absolute Gasteiger partial charge is 0.324 e. The second-order valence-corrected chi connectivity index (χ2v) is 6.06. The predicted molar refractivity (Wildman–Crippen MR) is 93.4 cm³/mol. The first-order valence-electron chi connectivity index (χ1n) is 7.85. The highest BCUT2D eigenvalue weighted by Gasteiger charge is 2.25. The van der Waals surface area contributed by atoms with Gasteiger partial charge in [-0.25, -0.2) is 4.79 Å². The number of carbonyl (C=O) groups excluding carboxylic acids is 2. The minimum Gasteiger partial charge on any atom is -0.494 e. The lowest BCUT2D eigenvalue weighted by molar-refractivity contribution is -0.129. The van der Waals surface area contributed by atoms with Crippen LogP contribution in [0.2, 0.25) is 0 Å². The zero-order valence-corrected chi connectivity index (χ0v) is 15.6. The van der Waals surface area contributed by atoms with Crippen LogP contribution in [0.4, 0.5) is 10.5 Å². The van der Waals surface area contributed by atoms with Crippen LogP contribution in [0.25, 0.3) is 0 Å². The molecule has 25 heavy (non-hydrogen) atoms. The number of nitrogens with zero attached hydrogens (tertiary/aromatic N) is 2. The summed E-state index contributed by atoms with van der Waals surface area (Å²) in [6.07, 6.45) is 1.47. The molecular weight excluding hydrogens is 346 g/mol. The molecule has 1 unspecified atom stereocenters. The molecule has 0 aliphatic carbocycles. The fourth-order valence-corrected chi connectivity index (χ4v) is 2.79. The molecule has 0 saturated carbocycles. The minimum atomic E-state index is -2.64. The van der Waals surface area contributed by atoms with E-state index in [9.17, 15) is 18.0 Å². The van der Waals surface area contributed by atoms with Crippen molar-refractivity contribution in [1.29, 1.82) is 0 Å². The zero-order valence-electron chi connectivity index (χ0n) is 14.8. The summed E-state index contributed by atoms with van der Waals surface area (Å²) in [4.78, 5) is 25.8. The molecule has 3 amide bonds. The van der Waals surface area contributed by atoms with Crippen LogP contribution in [0.1, 0.15) is 32.3 Å². The molecule has 1 atom stereocenters. The van der Waals surface area contributed by atoms with Crippen molar-refractivity contribution in [2.75, 3.05) is 14.2 Å². The lowest BCUT2D eigenvalue weighted by Crippen LogP contribution is -2.48. The molecule has 0 fully saturated rings. The van der Waals surface area contributed by atoms with Crippen molar-refractivity contribution in [3.8, 4) is 5.75 Å². The average molecular weight is 369 g/mol. The normalized spacial score (nSPS) is 11.4. The van der Waals surface area contributed by atoms with Gasteiger partial charge in [0, 0.05) is 13.1 Å². The summed E-state index contributed by atoms with van der Waals surface area (Å²) in [5.74, 6) is -0.0948. The molecule has 0 spiro atoms. The highest BCUT2D eigenvalue weighted by molar-refractivity contribution is 7.61. The number of amides is 3. The Morgan fingerprint density at radius 3 is 2.56 bits per heavy atom. The van der Waals surface area contributed by atoms with Crippen LogP contribution < -0.4 is 10.1 Å². The summed E-state index contributed by atoms with van der Waals surface area (Å²) < 4.78 is 30.1. The van der Waals surface area contributed by atoms with Gasteiger partial charge in [-0.1, -0.05) is 19.4 Å². The molecule has 1 N–H and O–H groups in total. The molecule has 138 valence electrons. The Bertz CT molecular complexity index is 753. The highest BCUT2D eigenvalue weighted by Crippen LogP contribution is 2.28. The number of methoxy groups -OCH3 is 1. The van der Waals surface area contributed by atoms with Gasteiger partial charge in [-0.3, -0.25) is 9.69 Å². The van der Waals surface area contributed by atoms with Crippen LogP contribution in [0, 0.1) is 0 Å². The first-order valence-corrected chi connectivity index (χ1v) is 8.89. The van der Waals surface area contributed by atoms with Crippen LogP contribution in [-0.4, -0.2) is 45.5 Å². The van der Waals surface area contributed by atoms with Crippen molar-refractivity contribution in [1.82, 2.24) is 10.2 Å². The lowest BCUT2D eigenvalue weighted by Gasteiger charge is -2.27. The lowest BCUT2D eigenvalue weighted by atomic mass is 10.1. The van der Waals surface area contributed by atoms with Crippen molar-refractivity contribution in [3.05, 3.63) is 23.8 Å². The van der Waals surface area contributed by atoms with Gasteiger partial charge in [0.1, 0.15) is 11.4 Å². The van der Waals surface area contributed by atoms with Gasteiger partial charge < -0.3 is 10.1 Å². The maximum atomic E-state index is 12.6. The van der Waals surface area contributed by atoms with Gasteiger partial charge >= 0.3 is 16.5 Å². The molecule has 0 bridgehead atoms. The number of ether oxygens (including phenoxy) is 1. The van der Waals surface area contributed by atoms with E-state index in [0.29, 0.717) is 12.0 Å². The summed E-state index contributed by atoms with van der Waals surface area (Å²) in [6.45, 7) is 3.79. The number of hydrogen-bond donors (Lipinski definition) is 1. The van der Waals surface area contributed by atoms with Gasteiger partial charge in [0.05, 0.1) is 13.5 Å². The molecule has 0 aromatic heterocycles. The SMILES string of the molecule is CCCC(C)N(C(=O)Cc1ccc(OC)c(N=S(=O)=O)c1)C(=O)NC.